The monoisotopic (exact) mass is 846 g/mol. The van der Waals surface area contributed by atoms with Crippen molar-refractivity contribution in [2.45, 2.75) is 131 Å². The number of carbonyl (C=O) groups excluding carboxylic acids is 2. The van der Waals surface area contributed by atoms with E-state index in [-0.39, 0.29) is 69.0 Å². The number of halogens is 2. The number of hydrogen-bond acceptors (Lipinski definition) is 14. The van der Waals surface area contributed by atoms with Gasteiger partial charge in [-0.3, -0.25) is 18.5 Å². The summed E-state index contributed by atoms with van der Waals surface area (Å²) in [6, 6.07) is 0.401. The molecule has 59 heavy (non-hydrogen) atoms. The molecule has 2 amide bonds. The highest BCUT2D eigenvalue weighted by molar-refractivity contribution is 7.48. The second-order valence-electron chi connectivity index (χ2n) is 17.3. The lowest BCUT2D eigenvalue weighted by atomic mass is 10.0. The molecule has 0 spiro atoms. The molecule has 4 unspecified atom stereocenters. The molecule has 3 aromatic heterocycles. The van der Waals surface area contributed by atoms with Crippen molar-refractivity contribution in [3.63, 3.8) is 0 Å². The van der Waals surface area contributed by atoms with E-state index in [1.165, 1.54) is 19.4 Å². The molecule has 4 aromatic rings. The van der Waals surface area contributed by atoms with Crippen LogP contribution in [0.25, 0.3) is 21.9 Å². The van der Waals surface area contributed by atoms with Crippen LogP contribution in [0.5, 0.6) is 11.8 Å². The van der Waals surface area contributed by atoms with Gasteiger partial charge in [0.2, 0.25) is 0 Å². The predicted octanol–water partition coefficient (Wildman–Crippen LogP) is 8.87. The number of amides is 2. The number of nitrogens with zero attached hydrogens (tertiary/aromatic N) is 6. The molecule has 2 N–H and O–H groups in total. The number of aromatic amines is 1. The number of aromatic nitrogens is 5. The van der Waals surface area contributed by atoms with Gasteiger partial charge >= 0.3 is 26.0 Å². The first-order valence-corrected chi connectivity index (χ1v) is 21.0. The molecule has 17 nitrogen and oxygen atoms in total. The van der Waals surface area contributed by atoms with Crippen LogP contribution >= 0.6 is 7.82 Å². The second-order valence-corrected chi connectivity index (χ2v) is 18.9. The number of rotatable bonds is 12. The van der Waals surface area contributed by atoms with E-state index in [1.54, 1.807) is 76.2 Å². The lowest BCUT2D eigenvalue weighted by molar-refractivity contribution is 0.0478. The molecule has 1 aromatic carbocycles. The minimum atomic E-state index is -3.97. The van der Waals surface area contributed by atoms with E-state index in [4.69, 9.17) is 32.8 Å². The van der Waals surface area contributed by atoms with Gasteiger partial charge in [-0.05, 0) is 94.9 Å². The van der Waals surface area contributed by atoms with Crippen LogP contribution in [0.3, 0.4) is 0 Å². The zero-order valence-electron chi connectivity index (χ0n) is 35.4. The van der Waals surface area contributed by atoms with Crippen molar-refractivity contribution in [1.82, 2.24) is 30.2 Å². The Bertz CT molecular complexity index is 2250. The Morgan fingerprint density at radius 1 is 0.932 bits per heavy atom. The van der Waals surface area contributed by atoms with E-state index in [0.29, 0.717) is 19.4 Å². The number of ether oxygens (including phenoxy) is 3. The van der Waals surface area contributed by atoms with Crippen LogP contribution in [0.4, 0.5) is 29.9 Å². The van der Waals surface area contributed by atoms with E-state index >= 15 is 8.78 Å². The molecule has 6 rings (SSSR count). The first kappa shape index (κ1) is 43.9. The summed E-state index contributed by atoms with van der Waals surface area (Å²) in [6.07, 6.45) is 0.825. The maximum absolute atomic E-state index is 16.1. The number of benzene rings is 1. The number of phosphoric ester groups is 1. The minimum Gasteiger partial charge on any atom is -0.444 e. The van der Waals surface area contributed by atoms with Crippen LogP contribution < -0.4 is 19.9 Å². The molecule has 1 saturated carbocycles. The Morgan fingerprint density at radius 2 is 1.56 bits per heavy atom. The van der Waals surface area contributed by atoms with Crippen molar-refractivity contribution in [1.29, 1.82) is 0 Å². The zero-order valence-corrected chi connectivity index (χ0v) is 36.3. The summed E-state index contributed by atoms with van der Waals surface area (Å²) in [6.45, 7) is 19.3. The normalized spacial score (nSPS) is 18.9. The van der Waals surface area contributed by atoms with Crippen LogP contribution in [-0.2, 0) is 27.6 Å². The SMILES string of the molecule is CC(C)OP(=O)(OC(C)C)OC(C)c1ncc(Oc2nc(N3CC4CC3CC4NC(=O)OC(C)(C)C)c3c(n2)[nH]c2c(N(C)C(=O)OC(C)(C)C)cc(F)c(F)c23)cn1. The number of anilines is 2. The first-order chi connectivity index (χ1) is 27.4. The Balaban J connectivity index is 1.37. The number of fused-ring (bicyclic) bond motifs is 5. The van der Waals surface area contributed by atoms with Gasteiger partial charge < -0.3 is 29.4 Å². The summed E-state index contributed by atoms with van der Waals surface area (Å²) in [5, 5.41) is 2.99. The third-order valence-corrected chi connectivity index (χ3v) is 11.2. The summed E-state index contributed by atoms with van der Waals surface area (Å²) in [5.41, 5.74) is -1.35. The fourth-order valence-corrected chi connectivity index (χ4v) is 8.83. The molecule has 322 valence electrons. The molecular weight excluding hydrogens is 793 g/mol. The van der Waals surface area contributed by atoms with Gasteiger partial charge in [0.05, 0.1) is 46.6 Å². The van der Waals surface area contributed by atoms with Gasteiger partial charge in [0, 0.05) is 31.7 Å². The third kappa shape index (κ3) is 10.0. The van der Waals surface area contributed by atoms with E-state index in [2.05, 4.69) is 25.3 Å². The van der Waals surface area contributed by atoms with Crippen molar-refractivity contribution >= 4 is 53.5 Å². The first-order valence-electron chi connectivity index (χ1n) is 19.5. The van der Waals surface area contributed by atoms with Gasteiger partial charge in [-0.1, -0.05) is 0 Å². The molecule has 2 fully saturated rings. The standard InChI is InChI=1S/C39H53F2N8O9P/c1-19(2)56-59(52,57-20(3)4)58-21(5)32-42-16-24(17-43-32)53-35-46-33-29(28-30(41)25(40)15-27(31(28)45-33)48(12)37(51)55-39(9,10)11)34(47-35)49-18-22-13-23(49)14-26(22)44-36(50)54-38(6,7)8/h15-17,19-23,26H,13-14,18H2,1-12H3,(H,44,50)(H,45,46,47). The number of nitrogens with one attached hydrogen (secondary N) is 2. The minimum absolute atomic E-state index is 0.00611. The van der Waals surface area contributed by atoms with Crippen LogP contribution in [0, 0.1) is 17.6 Å². The summed E-state index contributed by atoms with van der Waals surface area (Å²) >= 11 is 0. The molecule has 2 bridgehead atoms. The Kier molecular flexibility index (Phi) is 12.2. The van der Waals surface area contributed by atoms with Crippen LogP contribution in [0.15, 0.2) is 18.5 Å². The molecule has 2 aliphatic rings. The number of phosphoric acid groups is 1. The molecule has 1 aliphatic carbocycles. The van der Waals surface area contributed by atoms with Gasteiger partial charge in [-0.25, -0.2) is 32.9 Å². The van der Waals surface area contributed by atoms with Gasteiger partial charge in [0.15, 0.2) is 23.2 Å². The smallest absolute Gasteiger partial charge is 0.444 e. The number of hydrogen-bond donors (Lipinski definition) is 2. The maximum Gasteiger partial charge on any atom is 0.475 e. The number of carbonyl (C=O) groups is 2. The molecule has 1 saturated heterocycles. The Hall–Kier alpha value is -4.71. The second kappa shape index (κ2) is 16.4. The largest absolute Gasteiger partial charge is 0.475 e. The van der Waals surface area contributed by atoms with Gasteiger partial charge in [0.25, 0.3) is 0 Å². The van der Waals surface area contributed by atoms with Gasteiger partial charge in [-0.2, -0.15) is 9.97 Å². The van der Waals surface area contributed by atoms with E-state index in [9.17, 15) is 14.2 Å². The summed E-state index contributed by atoms with van der Waals surface area (Å²) in [4.78, 5) is 50.0. The van der Waals surface area contributed by atoms with E-state index < -0.39 is 61.2 Å². The van der Waals surface area contributed by atoms with Gasteiger partial charge in [-0.15, -0.1) is 0 Å². The number of piperidine rings is 1. The van der Waals surface area contributed by atoms with Gasteiger partial charge in [0.1, 0.15) is 28.8 Å². The number of H-pyrrole nitrogens is 1. The third-order valence-electron chi connectivity index (χ3n) is 9.29. The molecule has 4 atom stereocenters. The van der Waals surface area contributed by atoms with Crippen LogP contribution in [0.1, 0.15) is 101 Å². The average molecular weight is 847 g/mol. The average Bonchev–Trinajstić information content (AvgIpc) is 3.80. The Morgan fingerprint density at radius 3 is 2.12 bits per heavy atom. The van der Waals surface area contributed by atoms with Crippen molar-refractivity contribution in [3.8, 4) is 11.8 Å². The topological polar surface area (TPSA) is 192 Å². The van der Waals surface area contributed by atoms with Crippen molar-refractivity contribution in [3.05, 3.63) is 35.9 Å². The summed E-state index contributed by atoms with van der Waals surface area (Å²) in [5.74, 6) is -1.85. The zero-order chi connectivity index (χ0) is 43.4. The summed E-state index contributed by atoms with van der Waals surface area (Å²) < 4.78 is 78.7. The van der Waals surface area contributed by atoms with Crippen LogP contribution in [-0.4, -0.2) is 86.2 Å². The number of alkyl carbamates (subject to hydrolysis) is 1. The van der Waals surface area contributed by atoms with E-state index in [0.717, 1.165) is 11.0 Å². The highest BCUT2D eigenvalue weighted by Gasteiger charge is 2.47. The van der Waals surface area contributed by atoms with Crippen molar-refractivity contribution in [2.75, 3.05) is 23.4 Å². The highest BCUT2D eigenvalue weighted by atomic mass is 31.2. The highest BCUT2D eigenvalue weighted by Crippen LogP contribution is 2.54. The quantitative estimate of drug-likeness (QED) is 0.128. The fourth-order valence-electron chi connectivity index (χ4n) is 7.16. The molecular formula is C39H53F2N8O9P. The molecule has 0 radical (unpaired) electrons. The fraction of sp³-hybridized carbons (Fsp3) is 0.590. The summed E-state index contributed by atoms with van der Waals surface area (Å²) in [7, 11) is -2.58. The molecule has 20 heteroatoms. The Labute approximate surface area is 341 Å². The van der Waals surface area contributed by atoms with Crippen molar-refractivity contribution < 1.29 is 50.7 Å². The lowest BCUT2D eigenvalue weighted by Gasteiger charge is -2.33. The molecule has 4 heterocycles. The van der Waals surface area contributed by atoms with Crippen LogP contribution in [0.2, 0.25) is 0 Å². The lowest BCUT2D eigenvalue weighted by Crippen LogP contribution is -2.47. The van der Waals surface area contributed by atoms with Crippen molar-refractivity contribution in [2.24, 2.45) is 5.92 Å². The maximum atomic E-state index is 16.1. The predicted molar refractivity (Wildman–Crippen MR) is 215 cm³/mol. The van der Waals surface area contributed by atoms with E-state index in [1.807, 2.05) is 4.90 Å². The molecule has 1 aliphatic heterocycles.